The van der Waals surface area contributed by atoms with E-state index in [0.29, 0.717) is 12.5 Å². The maximum absolute atomic E-state index is 10.8. The number of hydrogen-bond acceptors (Lipinski definition) is 3. The summed E-state index contributed by atoms with van der Waals surface area (Å²) in [6, 6.07) is 11.6. The van der Waals surface area contributed by atoms with Gasteiger partial charge in [-0.15, -0.1) is 0 Å². The highest BCUT2D eigenvalue weighted by Gasteiger charge is 2.04. The molecule has 1 N–H and O–H groups in total. The van der Waals surface area contributed by atoms with E-state index in [9.17, 15) is 4.79 Å². The predicted octanol–water partition coefficient (Wildman–Crippen LogP) is 5.65. The van der Waals surface area contributed by atoms with Crippen molar-refractivity contribution in [2.45, 2.75) is 64.9 Å². The van der Waals surface area contributed by atoms with Crippen LogP contribution in [-0.4, -0.2) is 16.1 Å². The summed E-state index contributed by atoms with van der Waals surface area (Å²) >= 11 is 0. The van der Waals surface area contributed by atoms with Crippen molar-refractivity contribution in [2.75, 3.05) is 0 Å². The van der Waals surface area contributed by atoms with E-state index < -0.39 is 5.97 Å². The molecule has 0 saturated carbocycles. The molecule has 0 aliphatic heterocycles. The molecule has 140 valence electrons. The third kappa shape index (κ3) is 7.26. The predicted molar refractivity (Wildman–Crippen MR) is 104 cm³/mol. The molecule has 0 fully saturated rings. The molecule has 0 aliphatic carbocycles. The molecule has 4 heteroatoms. The molecule has 2 rings (SSSR count). The van der Waals surface area contributed by atoms with E-state index in [2.05, 4.69) is 36.2 Å². The van der Waals surface area contributed by atoms with Gasteiger partial charge >= 0.3 is 5.97 Å². The maximum Gasteiger partial charge on any atom is 0.337 e. The number of aromatic carboxylic acids is 1. The molecule has 2 aromatic rings. The largest absolute Gasteiger partial charge is 0.478 e. The lowest BCUT2D eigenvalue weighted by atomic mass is 10.0. The second kappa shape index (κ2) is 11.3. The summed E-state index contributed by atoms with van der Waals surface area (Å²) in [5, 5.41) is 8.85. The van der Waals surface area contributed by atoms with Crippen molar-refractivity contribution in [3.63, 3.8) is 0 Å². The highest BCUT2D eigenvalue weighted by molar-refractivity contribution is 5.87. The summed E-state index contributed by atoms with van der Waals surface area (Å²) < 4.78 is 5.61. The monoisotopic (exact) mass is 355 g/mol. The first kappa shape index (κ1) is 20.0. The third-order valence-electron chi connectivity index (χ3n) is 4.46. The number of benzene rings is 1. The fraction of sp³-hybridized carbons (Fsp3) is 0.455. The second-order valence-corrected chi connectivity index (χ2v) is 6.67. The van der Waals surface area contributed by atoms with Crippen LogP contribution in [0, 0.1) is 0 Å². The molecule has 0 aliphatic rings. The molecule has 0 bridgehead atoms. The van der Waals surface area contributed by atoms with Gasteiger partial charge < -0.3 is 9.84 Å². The zero-order chi connectivity index (χ0) is 18.6. The minimum absolute atomic E-state index is 0.159. The summed E-state index contributed by atoms with van der Waals surface area (Å²) in [5.41, 5.74) is 2.61. The zero-order valence-corrected chi connectivity index (χ0v) is 15.6. The van der Waals surface area contributed by atoms with Crippen molar-refractivity contribution >= 4 is 5.97 Å². The van der Waals surface area contributed by atoms with Crippen LogP contribution in [0.4, 0.5) is 0 Å². The summed E-state index contributed by atoms with van der Waals surface area (Å²) in [7, 11) is 0. The minimum atomic E-state index is -0.986. The molecule has 0 amide bonds. The molecule has 1 heterocycles. The fourth-order valence-corrected chi connectivity index (χ4v) is 2.84. The number of carbonyl (C=O) groups is 1. The van der Waals surface area contributed by atoms with Crippen LogP contribution in [0.2, 0.25) is 0 Å². The van der Waals surface area contributed by atoms with Gasteiger partial charge in [-0.3, -0.25) is 0 Å². The highest BCUT2D eigenvalue weighted by Crippen LogP contribution is 2.14. The molecular weight excluding hydrogens is 326 g/mol. The van der Waals surface area contributed by atoms with E-state index in [4.69, 9.17) is 9.84 Å². The van der Waals surface area contributed by atoms with Crippen LogP contribution in [0.15, 0.2) is 42.6 Å². The fourth-order valence-electron chi connectivity index (χ4n) is 2.84. The smallest absolute Gasteiger partial charge is 0.337 e. The number of rotatable bonds is 12. The Kier molecular flexibility index (Phi) is 8.67. The molecular formula is C22H29NO3. The number of nitrogens with zero attached hydrogens (tertiary/aromatic N) is 1. The standard InChI is InChI=1S/C22H29NO3/c1-2-3-4-5-6-7-8-9-18-10-12-19(13-11-18)17-26-21-15-14-20(16-23-21)22(24)25/h10-16H,2-9,17H2,1H3,(H,24,25). The Morgan fingerprint density at radius 1 is 0.923 bits per heavy atom. The van der Waals surface area contributed by atoms with E-state index >= 15 is 0 Å². The number of hydrogen-bond donors (Lipinski definition) is 1. The van der Waals surface area contributed by atoms with E-state index in [1.165, 1.54) is 62.8 Å². The Morgan fingerprint density at radius 3 is 2.19 bits per heavy atom. The Hall–Kier alpha value is -2.36. The normalized spacial score (nSPS) is 10.7. The SMILES string of the molecule is CCCCCCCCCc1ccc(COc2ccc(C(=O)O)cn2)cc1. The van der Waals surface area contributed by atoms with Gasteiger partial charge in [0, 0.05) is 12.3 Å². The number of ether oxygens (including phenoxy) is 1. The summed E-state index contributed by atoms with van der Waals surface area (Å²) in [4.78, 5) is 14.8. The number of aryl methyl sites for hydroxylation is 1. The van der Waals surface area contributed by atoms with Crippen LogP contribution in [0.1, 0.15) is 73.4 Å². The molecule has 1 aromatic heterocycles. The second-order valence-electron chi connectivity index (χ2n) is 6.67. The molecule has 0 spiro atoms. The summed E-state index contributed by atoms with van der Waals surface area (Å²) in [6.45, 7) is 2.68. The van der Waals surface area contributed by atoms with Gasteiger partial charge in [-0.05, 0) is 30.0 Å². The Morgan fingerprint density at radius 2 is 1.58 bits per heavy atom. The molecule has 0 radical (unpaired) electrons. The summed E-state index contributed by atoms with van der Waals surface area (Å²) in [5.74, 6) is -0.553. The first-order valence-electron chi connectivity index (χ1n) is 9.59. The van der Waals surface area contributed by atoms with Gasteiger partial charge in [0.1, 0.15) is 6.61 Å². The number of aromatic nitrogens is 1. The molecule has 1 aromatic carbocycles. The van der Waals surface area contributed by atoms with Crippen LogP contribution < -0.4 is 4.74 Å². The van der Waals surface area contributed by atoms with E-state index in [1.54, 1.807) is 6.07 Å². The van der Waals surface area contributed by atoms with Gasteiger partial charge in [0.2, 0.25) is 5.88 Å². The summed E-state index contributed by atoms with van der Waals surface area (Å²) in [6.07, 6.45) is 11.8. The van der Waals surface area contributed by atoms with Crippen molar-refractivity contribution < 1.29 is 14.6 Å². The molecule has 0 atom stereocenters. The Bertz CT molecular complexity index is 650. The average molecular weight is 355 g/mol. The number of unbranched alkanes of at least 4 members (excludes halogenated alkanes) is 6. The lowest BCUT2D eigenvalue weighted by molar-refractivity contribution is 0.0696. The molecule has 4 nitrogen and oxygen atoms in total. The van der Waals surface area contributed by atoms with Crippen molar-refractivity contribution in [2.24, 2.45) is 0 Å². The van der Waals surface area contributed by atoms with Crippen LogP contribution in [0.5, 0.6) is 5.88 Å². The highest BCUT2D eigenvalue weighted by atomic mass is 16.5. The van der Waals surface area contributed by atoms with E-state index in [1.807, 2.05) is 0 Å². The number of carboxylic acid groups (broad SMARTS) is 1. The Labute approximate surface area is 156 Å². The maximum atomic E-state index is 10.8. The number of carboxylic acids is 1. The first-order valence-corrected chi connectivity index (χ1v) is 9.59. The Balaban J connectivity index is 1.67. The molecule has 26 heavy (non-hydrogen) atoms. The van der Waals surface area contributed by atoms with Gasteiger partial charge in [-0.25, -0.2) is 9.78 Å². The number of pyridine rings is 1. The van der Waals surface area contributed by atoms with Crippen molar-refractivity contribution in [3.05, 3.63) is 59.3 Å². The quantitative estimate of drug-likeness (QED) is 0.500. The van der Waals surface area contributed by atoms with Gasteiger partial charge in [0.25, 0.3) is 0 Å². The van der Waals surface area contributed by atoms with Gasteiger partial charge in [-0.1, -0.05) is 69.7 Å². The van der Waals surface area contributed by atoms with Gasteiger partial charge in [0.05, 0.1) is 5.56 Å². The van der Waals surface area contributed by atoms with Crippen LogP contribution >= 0.6 is 0 Å². The van der Waals surface area contributed by atoms with Crippen LogP contribution in [0.25, 0.3) is 0 Å². The van der Waals surface area contributed by atoms with Crippen LogP contribution in [-0.2, 0) is 13.0 Å². The van der Waals surface area contributed by atoms with E-state index in [0.717, 1.165) is 12.0 Å². The van der Waals surface area contributed by atoms with Crippen molar-refractivity contribution in [1.29, 1.82) is 0 Å². The van der Waals surface area contributed by atoms with E-state index in [-0.39, 0.29) is 5.56 Å². The molecule has 0 unspecified atom stereocenters. The van der Waals surface area contributed by atoms with Crippen LogP contribution in [0.3, 0.4) is 0 Å². The lowest BCUT2D eigenvalue weighted by Crippen LogP contribution is -2.00. The zero-order valence-electron chi connectivity index (χ0n) is 15.6. The minimum Gasteiger partial charge on any atom is -0.478 e. The average Bonchev–Trinajstić information content (AvgIpc) is 2.67. The lowest BCUT2D eigenvalue weighted by Gasteiger charge is -2.07. The topological polar surface area (TPSA) is 59.4 Å². The molecule has 0 saturated heterocycles. The third-order valence-corrected chi connectivity index (χ3v) is 4.46. The first-order chi connectivity index (χ1) is 12.7. The van der Waals surface area contributed by atoms with Gasteiger partial charge in [0.15, 0.2) is 0 Å². The van der Waals surface area contributed by atoms with Gasteiger partial charge in [-0.2, -0.15) is 0 Å². The van der Waals surface area contributed by atoms with Crippen molar-refractivity contribution in [1.82, 2.24) is 4.98 Å². The van der Waals surface area contributed by atoms with Crippen molar-refractivity contribution in [3.8, 4) is 5.88 Å².